The molecule has 2 aliphatic heterocycles. The van der Waals surface area contributed by atoms with Crippen molar-refractivity contribution < 1.29 is 30.5 Å². The fourth-order valence-electron chi connectivity index (χ4n) is 10.4. The smallest absolute Gasteiger partial charge is 0.294 e. The quantitative estimate of drug-likeness (QED) is 0.0781. The van der Waals surface area contributed by atoms with Gasteiger partial charge >= 0.3 is 0 Å². The van der Waals surface area contributed by atoms with Crippen molar-refractivity contribution in [1.29, 1.82) is 0 Å². The van der Waals surface area contributed by atoms with E-state index in [1.807, 2.05) is 12.1 Å². The van der Waals surface area contributed by atoms with Gasteiger partial charge in [-0.25, -0.2) is 0 Å². The van der Waals surface area contributed by atoms with Crippen LogP contribution in [-0.2, 0) is 31.1 Å². The predicted molar refractivity (Wildman–Crippen MR) is 252 cm³/mol. The van der Waals surface area contributed by atoms with E-state index < -0.39 is 25.7 Å². The van der Waals surface area contributed by atoms with Crippen LogP contribution in [0.4, 0.5) is 11.4 Å². The van der Waals surface area contributed by atoms with Crippen molar-refractivity contribution in [3.05, 3.63) is 124 Å². The summed E-state index contributed by atoms with van der Waals surface area (Å²) in [6.07, 6.45) is 15.5. The first kappa shape index (κ1) is 44.7. The van der Waals surface area contributed by atoms with Crippen LogP contribution in [0.1, 0.15) is 117 Å². The Hall–Kier alpha value is -4.35. The van der Waals surface area contributed by atoms with Gasteiger partial charge in [0.1, 0.15) is 6.54 Å². The first-order valence-corrected chi connectivity index (χ1v) is 24.9. The zero-order valence-corrected chi connectivity index (χ0v) is 39.0. The van der Waals surface area contributed by atoms with E-state index in [0.717, 1.165) is 48.1 Å². The van der Waals surface area contributed by atoms with Crippen molar-refractivity contribution in [2.24, 2.45) is 5.41 Å². The van der Waals surface area contributed by atoms with Crippen molar-refractivity contribution in [2.45, 2.75) is 123 Å². The Morgan fingerprint density at radius 2 is 1.46 bits per heavy atom. The van der Waals surface area contributed by atoms with E-state index >= 15 is 0 Å². The number of benzene rings is 4. The van der Waals surface area contributed by atoms with E-state index in [1.54, 1.807) is 6.07 Å². The highest BCUT2D eigenvalue weighted by molar-refractivity contribution is 7.86. The van der Waals surface area contributed by atoms with Crippen LogP contribution in [-0.4, -0.2) is 55.1 Å². The summed E-state index contributed by atoms with van der Waals surface area (Å²) in [6.45, 7) is 21.9. The molecule has 4 aromatic carbocycles. The number of unbranched alkanes of at least 4 members (excludes halogenated alkanes) is 3. The number of anilines is 1. The molecule has 4 aromatic rings. The first-order chi connectivity index (χ1) is 28.5. The molecule has 10 heteroatoms. The SMILES string of the molecule is CCCCC[N+]1=C(C=CC2=C(C(C)(C)C)C(=CC=C3N(CCCCS(=O)(=O)O)c4ccc5cc(S(=O)(=O)O)ccc5c4C3(C)C)CC2)C(C)(C)c2c1ccc1cc(C)ccc21. The van der Waals surface area contributed by atoms with Crippen LogP contribution in [0.3, 0.4) is 0 Å². The largest absolute Gasteiger partial charge is 0.344 e. The molecule has 0 spiro atoms. The minimum absolute atomic E-state index is 0.126. The molecule has 0 aromatic heterocycles. The van der Waals surface area contributed by atoms with E-state index in [1.165, 1.54) is 75.0 Å². The van der Waals surface area contributed by atoms with E-state index in [9.17, 15) is 25.9 Å². The van der Waals surface area contributed by atoms with Gasteiger partial charge in [0.25, 0.3) is 20.2 Å². The Kier molecular flexibility index (Phi) is 12.0. The van der Waals surface area contributed by atoms with Crippen LogP contribution in [0.25, 0.3) is 21.5 Å². The fourth-order valence-corrected chi connectivity index (χ4v) is 11.5. The standard InChI is InChI=1S/C51H62N2O6S2/c1-10-11-12-29-52-42-25-18-37-32-34(2)15-23-40(37)47(42)50(6,7)44(52)27-20-35-16-17-36(46(35)49(3,4)5)21-28-45-51(8,9)48-41-24-22-39(61(57,58)59)33-38(41)19-26-43(48)53(45)30-13-14-31-60(54,55)56/h15,18-28,32-33H,10-14,16-17,29-31H2,1-9H3,(H-,54,55,56,57,58,59)/p+1. The summed E-state index contributed by atoms with van der Waals surface area (Å²) < 4.78 is 69.1. The molecule has 0 bridgehead atoms. The molecule has 1 aliphatic carbocycles. The third kappa shape index (κ3) is 8.70. The molecule has 8 nitrogen and oxygen atoms in total. The Labute approximate surface area is 364 Å². The average Bonchev–Trinajstić information content (AvgIpc) is 3.75. The lowest BCUT2D eigenvalue weighted by molar-refractivity contribution is -0.438. The molecule has 7 rings (SSSR count). The highest BCUT2D eigenvalue weighted by Crippen LogP contribution is 2.52. The topological polar surface area (TPSA) is 115 Å². The molecule has 0 radical (unpaired) electrons. The van der Waals surface area contributed by atoms with Crippen molar-refractivity contribution >= 4 is 58.9 Å². The second-order valence-corrected chi connectivity index (χ2v) is 22.4. The maximum absolute atomic E-state index is 12.0. The lowest BCUT2D eigenvalue weighted by Crippen LogP contribution is -2.28. The summed E-state index contributed by atoms with van der Waals surface area (Å²) in [7, 11) is -8.47. The summed E-state index contributed by atoms with van der Waals surface area (Å²) in [5.41, 5.74) is 11.5. The van der Waals surface area contributed by atoms with Gasteiger partial charge in [-0.3, -0.25) is 9.11 Å². The van der Waals surface area contributed by atoms with Crippen LogP contribution >= 0.6 is 0 Å². The number of aryl methyl sites for hydroxylation is 1. The van der Waals surface area contributed by atoms with Gasteiger partial charge < -0.3 is 4.90 Å². The second kappa shape index (κ2) is 16.4. The maximum atomic E-state index is 12.0. The van der Waals surface area contributed by atoms with Gasteiger partial charge in [0.15, 0.2) is 5.71 Å². The molecule has 2 N–H and O–H groups in total. The second-order valence-electron chi connectivity index (χ2n) is 19.4. The molecular weight excluding hydrogens is 801 g/mol. The van der Waals surface area contributed by atoms with E-state index in [-0.39, 0.29) is 21.5 Å². The molecular formula is C51H63N2O6S2+. The van der Waals surface area contributed by atoms with Gasteiger partial charge in [0, 0.05) is 47.5 Å². The van der Waals surface area contributed by atoms with Crippen molar-refractivity contribution in [2.75, 3.05) is 23.7 Å². The van der Waals surface area contributed by atoms with Crippen molar-refractivity contribution in [3.63, 3.8) is 0 Å². The number of nitrogens with zero attached hydrogens (tertiary/aromatic N) is 2. The number of fused-ring (bicyclic) bond motifs is 6. The highest BCUT2D eigenvalue weighted by atomic mass is 32.2. The van der Waals surface area contributed by atoms with Crippen molar-refractivity contribution in [3.8, 4) is 0 Å². The minimum Gasteiger partial charge on any atom is -0.344 e. The molecule has 0 atom stereocenters. The Morgan fingerprint density at radius 1 is 0.770 bits per heavy atom. The summed E-state index contributed by atoms with van der Waals surface area (Å²) >= 11 is 0. The fraction of sp³-hybridized carbons (Fsp3) is 0.431. The molecule has 324 valence electrons. The third-order valence-corrected chi connectivity index (χ3v) is 14.7. The average molecular weight is 864 g/mol. The zero-order chi connectivity index (χ0) is 44.3. The van der Waals surface area contributed by atoms with Crippen molar-refractivity contribution in [1.82, 2.24) is 0 Å². The Morgan fingerprint density at radius 3 is 2.15 bits per heavy atom. The molecule has 0 unspecified atom stereocenters. The first-order valence-electron chi connectivity index (χ1n) is 21.8. The minimum atomic E-state index is -4.38. The van der Waals surface area contributed by atoms with Gasteiger partial charge in [-0.05, 0) is 132 Å². The van der Waals surface area contributed by atoms with Crippen LogP contribution < -0.4 is 4.90 Å². The molecule has 3 aliphatic rings. The van der Waals surface area contributed by atoms with Crippen LogP contribution in [0.15, 0.2) is 112 Å². The third-order valence-electron chi connectivity index (χ3n) is 13.1. The number of rotatable bonds is 13. The molecule has 0 saturated heterocycles. The van der Waals surface area contributed by atoms with E-state index in [0.29, 0.717) is 24.8 Å². The molecule has 2 heterocycles. The van der Waals surface area contributed by atoms with Gasteiger partial charge in [-0.1, -0.05) is 96.0 Å². The number of allylic oxidation sites excluding steroid dienone is 8. The predicted octanol–water partition coefficient (Wildman–Crippen LogP) is 12.1. The summed E-state index contributed by atoms with van der Waals surface area (Å²) in [5.74, 6) is -0.304. The van der Waals surface area contributed by atoms with E-state index in [4.69, 9.17) is 0 Å². The molecule has 0 saturated carbocycles. The monoisotopic (exact) mass is 863 g/mol. The summed E-state index contributed by atoms with van der Waals surface area (Å²) in [5, 5.41) is 4.20. The lowest BCUT2D eigenvalue weighted by atomic mass is 9.78. The number of hydrogen-bond acceptors (Lipinski definition) is 5. The summed E-state index contributed by atoms with van der Waals surface area (Å²) in [6, 6.07) is 20.0. The summed E-state index contributed by atoms with van der Waals surface area (Å²) in [4.78, 5) is 2.09. The Balaban J connectivity index is 1.30. The lowest BCUT2D eigenvalue weighted by Gasteiger charge is -2.28. The molecule has 0 fully saturated rings. The highest BCUT2D eigenvalue weighted by Gasteiger charge is 2.46. The Bertz CT molecular complexity index is 2810. The van der Waals surface area contributed by atoms with Gasteiger partial charge in [0.05, 0.1) is 16.1 Å². The number of hydrogen-bond donors (Lipinski definition) is 2. The van der Waals surface area contributed by atoms with E-state index in [2.05, 4.69) is 126 Å². The van der Waals surface area contributed by atoms with Crippen LogP contribution in [0, 0.1) is 12.3 Å². The van der Waals surface area contributed by atoms with Crippen LogP contribution in [0.5, 0.6) is 0 Å². The zero-order valence-electron chi connectivity index (χ0n) is 37.4. The normalized spacial score (nSPS) is 19.2. The molecule has 0 amide bonds. The maximum Gasteiger partial charge on any atom is 0.294 e. The van der Waals surface area contributed by atoms with Crippen LogP contribution in [0.2, 0.25) is 0 Å². The van der Waals surface area contributed by atoms with Gasteiger partial charge in [-0.15, -0.1) is 0 Å². The molecule has 61 heavy (non-hydrogen) atoms. The van der Waals surface area contributed by atoms with Gasteiger partial charge in [0.2, 0.25) is 5.69 Å². The van der Waals surface area contributed by atoms with Gasteiger partial charge in [-0.2, -0.15) is 21.4 Å².